The molecule has 1 N–H and O–H groups in total. The molecule has 2 aliphatic rings. The van der Waals surface area contributed by atoms with Gasteiger partial charge in [0.05, 0.1) is 0 Å². The minimum Gasteiger partial charge on any atom is -0.317 e. The van der Waals surface area contributed by atoms with E-state index in [4.69, 9.17) is 0 Å². The van der Waals surface area contributed by atoms with E-state index < -0.39 is 0 Å². The average Bonchev–Trinajstić information content (AvgIpc) is 2.90. The SMILES string of the molecule is CNC1CCC(C)(C)CC1CN(CC(C)C)C1CCCC1. The van der Waals surface area contributed by atoms with Crippen LogP contribution in [0.5, 0.6) is 0 Å². The first-order valence-corrected chi connectivity index (χ1v) is 9.32. The van der Waals surface area contributed by atoms with Crippen LogP contribution in [0.4, 0.5) is 0 Å². The van der Waals surface area contributed by atoms with Crippen LogP contribution in [0, 0.1) is 17.3 Å². The van der Waals surface area contributed by atoms with Crippen LogP contribution in [0.25, 0.3) is 0 Å². The van der Waals surface area contributed by atoms with Gasteiger partial charge in [-0.1, -0.05) is 40.5 Å². The molecule has 0 amide bonds. The van der Waals surface area contributed by atoms with E-state index in [1.54, 1.807) is 0 Å². The molecule has 2 fully saturated rings. The van der Waals surface area contributed by atoms with Crippen molar-refractivity contribution < 1.29 is 0 Å². The number of hydrogen-bond acceptors (Lipinski definition) is 2. The molecule has 124 valence electrons. The van der Waals surface area contributed by atoms with E-state index in [1.165, 1.54) is 58.0 Å². The zero-order valence-corrected chi connectivity index (χ0v) is 15.1. The number of hydrogen-bond donors (Lipinski definition) is 1. The first-order chi connectivity index (χ1) is 9.91. The second-order valence-electron chi connectivity index (χ2n) is 8.85. The molecular weight excluding hydrogens is 256 g/mol. The molecule has 2 atom stereocenters. The van der Waals surface area contributed by atoms with Gasteiger partial charge in [-0.15, -0.1) is 0 Å². The molecular formula is C19H38N2. The fourth-order valence-corrected chi connectivity index (χ4v) is 4.72. The highest BCUT2D eigenvalue weighted by molar-refractivity contribution is 4.91. The molecule has 2 saturated carbocycles. The quantitative estimate of drug-likeness (QED) is 0.785. The standard InChI is InChI=1S/C19H38N2/c1-15(2)13-21(17-8-6-7-9-17)14-16-12-19(3,4)11-10-18(16)20-5/h15-18,20H,6-14H2,1-5H3. The Morgan fingerprint density at radius 2 is 1.81 bits per heavy atom. The summed E-state index contributed by atoms with van der Waals surface area (Å²) in [5.74, 6) is 1.62. The Morgan fingerprint density at radius 3 is 2.38 bits per heavy atom. The van der Waals surface area contributed by atoms with E-state index >= 15 is 0 Å². The molecule has 0 heterocycles. The van der Waals surface area contributed by atoms with Crippen LogP contribution < -0.4 is 5.32 Å². The lowest BCUT2D eigenvalue weighted by Crippen LogP contribution is -2.49. The summed E-state index contributed by atoms with van der Waals surface area (Å²) in [6, 6.07) is 1.60. The van der Waals surface area contributed by atoms with Crippen molar-refractivity contribution in [3.8, 4) is 0 Å². The molecule has 0 aromatic carbocycles. The Balaban J connectivity index is 2.01. The van der Waals surface area contributed by atoms with Crippen molar-refractivity contribution in [3.05, 3.63) is 0 Å². The zero-order valence-electron chi connectivity index (χ0n) is 15.1. The van der Waals surface area contributed by atoms with Gasteiger partial charge in [0, 0.05) is 25.2 Å². The fourth-order valence-electron chi connectivity index (χ4n) is 4.72. The molecule has 2 rings (SSSR count). The molecule has 0 saturated heterocycles. The summed E-state index contributed by atoms with van der Waals surface area (Å²) < 4.78 is 0. The maximum Gasteiger partial charge on any atom is 0.0105 e. The van der Waals surface area contributed by atoms with Crippen LogP contribution in [-0.2, 0) is 0 Å². The third-order valence-corrected chi connectivity index (χ3v) is 5.80. The van der Waals surface area contributed by atoms with Gasteiger partial charge in [-0.3, -0.25) is 4.90 Å². The smallest absolute Gasteiger partial charge is 0.0105 e. The van der Waals surface area contributed by atoms with Gasteiger partial charge in [0.15, 0.2) is 0 Å². The lowest BCUT2D eigenvalue weighted by Gasteiger charge is -2.44. The Kier molecular flexibility index (Phi) is 6.14. The van der Waals surface area contributed by atoms with Crippen LogP contribution in [0.15, 0.2) is 0 Å². The first kappa shape index (κ1) is 17.3. The minimum atomic E-state index is 0.539. The normalized spacial score (nSPS) is 30.4. The number of nitrogens with zero attached hydrogens (tertiary/aromatic N) is 1. The Morgan fingerprint density at radius 1 is 1.14 bits per heavy atom. The van der Waals surface area contributed by atoms with Crippen molar-refractivity contribution in [1.82, 2.24) is 10.2 Å². The van der Waals surface area contributed by atoms with Crippen molar-refractivity contribution in [3.63, 3.8) is 0 Å². The highest BCUT2D eigenvalue weighted by atomic mass is 15.2. The van der Waals surface area contributed by atoms with E-state index in [9.17, 15) is 0 Å². The Labute approximate surface area is 133 Å². The fraction of sp³-hybridized carbons (Fsp3) is 1.00. The van der Waals surface area contributed by atoms with Crippen LogP contribution in [0.2, 0.25) is 0 Å². The van der Waals surface area contributed by atoms with Gasteiger partial charge < -0.3 is 5.32 Å². The molecule has 0 bridgehead atoms. The Bertz CT molecular complexity index is 303. The molecule has 0 radical (unpaired) electrons. The lowest BCUT2D eigenvalue weighted by atomic mass is 9.69. The predicted molar refractivity (Wildman–Crippen MR) is 92.6 cm³/mol. The third kappa shape index (κ3) is 4.96. The molecule has 0 aromatic heterocycles. The highest BCUT2D eigenvalue weighted by Crippen LogP contribution is 2.39. The molecule has 2 nitrogen and oxygen atoms in total. The van der Waals surface area contributed by atoms with Crippen molar-refractivity contribution in [1.29, 1.82) is 0 Å². The summed E-state index contributed by atoms with van der Waals surface area (Å²) in [7, 11) is 2.17. The van der Waals surface area contributed by atoms with Crippen molar-refractivity contribution >= 4 is 0 Å². The van der Waals surface area contributed by atoms with Crippen LogP contribution in [0.3, 0.4) is 0 Å². The third-order valence-electron chi connectivity index (χ3n) is 5.80. The molecule has 2 aliphatic carbocycles. The van der Waals surface area contributed by atoms with Gasteiger partial charge >= 0.3 is 0 Å². The van der Waals surface area contributed by atoms with Gasteiger partial charge in [-0.05, 0) is 56.4 Å². The summed E-state index contributed by atoms with van der Waals surface area (Å²) in [6.07, 6.45) is 9.90. The van der Waals surface area contributed by atoms with Crippen LogP contribution in [-0.4, -0.2) is 37.1 Å². The summed E-state index contributed by atoms with van der Waals surface area (Å²) in [6.45, 7) is 12.3. The van der Waals surface area contributed by atoms with Crippen LogP contribution in [0.1, 0.15) is 72.6 Å². The van der Waals surface area contributed by atoms with Gasteiger partial charge in [0.2, 0.25) is 0 Å². The van der Waals surface area contributed by atoms with Crippen LogP contribution >= 0.6 is 0 Å². The van der Waals surface area contributed by atoms with E-state index in [-0.39, 0.29) is 0 Å². The molecule has 2 heteroatoms. The van der Waals surface area contributed by atoms with E-state index in [2.05, 4.69) is 45.0 Å². The Hall–Kier alpha value is -0.0800. The first-order valence-electron chi connectivity index (χ1n) is 9.32. The van der Waals surface area contributed by atoms with Gasteiger partial charge in [0.1, 0.15) is 0 Å². The van der Waals surface area contributed by atoms with E-state index in [0.29, 0.717) is 5.41 Å². The summed E-state index contributed by atoms with van der Waals surface area (Å²) in [5.41, 5.74) is 0.539. The van der Waals surface area contributed by atoms with Gasteiger partial charge in [0.25, 0.3) is 0 Å². The molecule has 2 unspecified atom stereocenters. The molecule has 21 heavy (non-hydrogen) atoms. The van der Waals surface area contributed by atoms with E-state index in [1.807, 2.05) is 0 Å². The molecule has 0 aromatic rings. The monoisotopic (exact) mass is 294 g/mol. The number of rotatable bonds is 6. The highest BCUT2D eigenvalue weighted by Gasteiger charge is 2.36. The lowest BCUT2D eigenvalue weighted by molar-refractivity contribution is 0.0777. The predicted octanol–water partition coefficient (Wildman–Crippen LogP) is 4.30. The summed E-state index contributed by atoms with van der Waals surface area (Å²) in [4.78, 5) is 2.86. The maximum absolute atomic E-state index is 3.61. The zero-order chi connectivity index (χ0) is 15.5. The van der Waals surface area contributed by atoms with Gasteiger partial charge in [-0.25, -0.2) is 0 Å². The maximum atomic E-state index is 3.61. The largest absolute Gasteiger partial charge is 0.317 e. The second kappa shape index (κ2) is 7.46. The number of nitrogens with one attached hydrogen (secondary N) is 1. The van der Waals surface area contributed by atoms with Gasteiger partial charge in [-0.2, -0.15) is 0 Å². The van der Waals surface area contributed by atoms with Crippen molar-refractivity contribution in [2.24, 2.45) is 17.3 Å². The van der Waals surface area contributed by atoms with Crippen molar-refractivity contribution in [2.75, 3.05) is 20.1 Å². The summed E-state index contributed by atoms with van der Waals surface area (Å²) in [5, 5.41) is 3.61. The average molecular weight is 295 g/mol. The summed E-state index contributed by atoms with van der Waals surface area (Å²) >= 11 is 0. The van der Waals surface area contributed by atoms with Crippen molar-refractivity contribution in [2.45, 2.75) is 84.7 Å². The van der Waals surface area contributed by atoms with E-state index in [0.717, 1.165) is 23.9 Å². The topological polar surface area (TPSA) is 15.3 Å². The molecule has 0 spiro atoms. The second-order valence-corrected chi connectivity index (χ2v) is 8.85. The minimum absolute atomic E-state index is 0.539. The molecule has 0 aliphatic heterocycles.